The minimum Gasteiger partial charge on any atom is -0.353 e. The predicted molar refractivity (Wildman–Crippen MR) is 104 cm³/mol. The van der Waals surface area contributed by atoms with Crippen LogP contribution in [0, 0.1) is 5.92 Å². The third kappa shape index (κ3) is 3.26. The van der Waals surface area contributed by atoms with Gasteiger partial charge in [-0.3, -0.25) is 9.59 Å². The summed E-state index contributed by atoms with van der Waals surface area (Å²) in [5.74, 6) is 0.259. The summed E-state index contributed by atoms with van der Waals surface area (Å²) < 4.78 is 0. The number of nitrogens with one attached hydrogen (secondary N) is 1. The summed E-state index contributed by atoms with van der Waals surface area (Å²) in [4.78, 5) is 28.8. The maximum atomic E-state index is 13.4. The average Bonchev–Trinajstić information content (AvgIpc) is 2.59. The highest BCUT2D eigenvalue weighted by atomic mass is 16.2. The van der Waals surface area contributed by atoms with Gasteiger partial charge in [-0.25, -0.2) is 0 Å². The van der Waals surface area contributed by atoms with Gasteiger partial charge in [-0.1, -0.05) is 51.3 Å². The molecule has 1 heterocycles. The van der Waals surface area contributed by atoms with Gasteiger partial charge < -0.3 is 10.2 Å². The Balaban J connectivity index is 2.16. The Morgan fingerprint density at radius 3 is 2.42 bits per heavy atom. The lowest BCUT2D eigenvalue weighted by Gasteiger charge is -2.54. The number of nitrogens with zero attached hydrogens (tertiary/aromatic N) is 1. The van der Waals surface area contributed by atoms with Crippen LogP contribution in [0.4, 0.5) is 0 Å². The Hall–Kier alpha value is -1.84. The first kappa shape index (κ1) is 18.9. The normalized spacial score (nSPS) is 22.0. The van der Waals surface area contributed by atoms with Crippen LogP contribution in [0.2, 0.25) is 0 Å². The number of carbonyl (C=O) groups is 2. The van der Waals surface area contributed by atoms with Gasteiger partial charge in [-0.15, -0.1) is 0 Å². The first-order valence-corrected chi connectivity index (χ1v) is 10.1. The topological polar surface area (TPSA) is 49.4 Å². The smallest absolute Gasteiger partial charge is 0.254 e. The first-order chi connectivity index (χ1) is 12.4. The molecule has 1 fully saturated rings. The van der Waals surface area contributed by atoms with Gasteiger partial charge in [0, 0.05) is 18.2 Å². The SMILES string of the molecule is CC(C)CN1C(=O)c2ccccc2[C@@H](C(=O)NC(C)C)C12CCCCC2. The predicted octanol–water partition coefficient (Wildman–Crippen LogP) is 4.11. The molecule has 1 N–H and O–H groups in total. The Labute approximate surface area is 157 Å². The molecular weight excluding hydrogens is 324 g/mol. The first-order valence-electron chi connectivity index (χ1n) is 10.1. The van der Waals surface area contributed by atoms with Crippen molar-refractivity contribution in [2.75, 3.05) is 6.54 Å². The van der Waals surface area contributed by atoms with Crippen molar-refractivity contribution < 1.29 is 9.59 Å². The zero-order chi connectivity index (χ0) is 18.9. The number of hydrogen-bond acceptors (Lipinski definition) is 2. The van der Waals surface area contributed by atoms with E-state index in [4.69, 9.17) is 0 Å². The van der Waals surface area contributed by atoms with Crippen LogP contribution in [-0.4, -0.2) is 34.8 Å². The van der Waals surface area contributed by atoms with Crippen LogP contribution in [-0.2, 0) is 4.79 Å². The number of fused-ring (bicyclic) bond motifs is 1. The zero-order valence-corrected chi connectivity index (χ0v) is 16.5. The van der Waals surface area contributed by atoms with Gasteiger partial charge in [0.05, 0.1) is 11.5 Å². The molecule has 3 rings (SSSR count). The molecule has 4 nitrogen and oxygen atoms in total. The molecule has 2 amide bonds. The maximum Gasteiger partial charge on any atom is 0.254 e. The number of hydrogen-bond donors (Lipinski definition) is 1. The Bertz CT molecular complexity index is 674. The van der Waals surface area contributed by atoms with Crippen LogP contribution in [0.3, 0.4) is 0 Å². The fourth-order valence-corrected chi connectivity index (χ4v) is 4.84. The van der Waals surface area contributed by atoms with E-state index < -0.39 is 0 Å². The molecule has 0 saturated heterocycles. The van der Waals surface area contributed by atoms with E-state index >= 15 is 0 Å². The molecule has 2 aliphatic rings. The molecule has 1 aromatic rings. The summed E-state index contributed by atoms with van der Waals surface area (Å²) in [6.07, 6.45) is 5.17. The van der Waals surface area contributed by atoms with Crippen molar-refractivity contribution in [3.8, 4) is 0 Å². The standard InChI is InChI=1S/C22H32N2O2/c1-15(2)14-24-21(26)18-11-7-6-10-17(18)19(20(25)23-16(3)4)22(24)12-8-5-9-13-22/h6-7,10-11,15-16,19H,5,8-9,12-14H2,1-4H3,(H,23,25)/t19-/m0/s1. The summed E-state index contributed by atoms with van der Waals surface area (Å²) in [6, 6.07) is 7.82. The van der Waals surface area contributed by atoms with Crippen LogP contribution in [0.15, 0.2) is 24.3 Å². The van der Waals surface area contributed by atoms with Gasteiger partial charge in [0.1, 0.15) is 0 Å². The van der Waals surface area contributed by atoms with E-state index in [2.05, 4.69) is 24.1 Å². The Morgan fingerprint density at radius 2 is 1.81 bits per heavy atom. The molecule has 4 heteroatoms. The van der Waals surface area contributed by atoms with Crippen LogP contribution >= 0.6 is 0 Å². The molecule has 0 bridgehead atoms. The van der Waals surface area contributed by atoms with E-state index in [-0.39, 0.29) is 29.3 Å². The Morgan fingerprint density at radius 1 is 1.15 bits per heavy atom. The van der Waals surface area contributed by atoms with Crippen molar-refractivity contribution in [1.29, 1.82) is 0 Å². The lowest BCUT2D eigenvalue weighted by molar-refractivity contribution is -0.128. The van der Waals surface area contributed by atoms with Gasteiger partial charge in [0.2, 0.25) is 5.91 Å². The minimum absolute atomic E-state index is 0.0654. The van der Waals surface area contributed by atoms with E-state index in [0.717, 1.165) is 31.2 Å². The van der Waals surface area contributed by atoms with Crippen molar-refractivity contribution in [3.63, 3.8) is 0 Å². The molecule has 0 aromatic heterocycles. The third-order valence-electron chi connectivity index (χ3n) is 5.78. The fourth-order valence-electron chi connectivity index (χ4n) is 4.84. The van der Waals surface area contributed by atoms with Crippen molar-refractivity contribution in [1.82, 2.24) is 10.2 Å². The summed E-state index contributed by atoms with van der Waals surface area (Å²) in [5.41, 5.74) is 1.23. The maximum absolute atomic E-state index is 13.4. The number of carbonyl (C=O) groups excluding carboxylic acids is 2. The van der Waals surface area contributed by atoms with E-state index in [0.29, 0.717) is 18.0 Å². The lowest BCUT2D eigenvalue weighted by atomic mass is 9.65. The second-order valence-corrected chi connectivity index (χ2v) is 8.66. The van der Waals surface area contributed by atoms with E-state index in [1.807, 2.05) is 38.1 Å². The molecule has 1 aliphatic heterocycles. The van der Waals surface area contributed by atoms with Crippen molar-refractivity contribution in [3.05, 3.63) is 35.4 Å². The molecule has 1 saturated carbocycles. The number of benzene rings is 1. The van der Waals surface area contributed by atoms with Crippen LogP contribution in [0.1, 0.15) is 81.6 Å². The molecule has 1 aromatic carbocycles. The van der Waals surface area contributed by atoms with Crippen LogP contribution in [0.5, 0.6) is 0 Å². The second kappa shape index (κ2) is 7.42. The average molecular weight is 357 g/mol. The largest absolute Gasteiger partial charge is 0.353 e. The highest BCUT2D eigenvalue weighted by Crippen LogP contribution is 2.49. The molecule has 0 radical (unpaired) electrons. The van der Waals surface area contributed by atoms with Gasteiger partial charge in [0.15, 0.2) is 0 Å². The van der Waals surface area contributed by atoms with Crippen molar-refractivity contribution in [2.45, 2.75) is 77.3 Å². The monoisotopic (exact) mass is 356 g/mol. The van der Waals surface area contributed by atoms with Crippen molar-refractivity contribution >= 4 is 11.8 Å². The Kier molecular flexibility index (Phi) is 5.40. The molecule has 1 spiro atoms. The quantitative estimate of drug-likeness (QED) is 0.882. The fraction of sp³-hybridized carbons (Fsp3) is 0.636. The summed E-state index contributed by atoms with van der Waals surface area (Å²) in [5, 5.41) is 3.14. The van der Waals surface area contributed by atoms with Crippen LogP contribution in [0.25, 0.3) is 0 Å². The second-order valence-electron chi connectivity index (χ2n) is 8.66. The molecule has 0 unspecified atom stereocenters. The van der Waals surface area contributed by atoms with Crippen LogP contribution < -0.4 is 5.32 Å². The van der Waals surface area contributed by atoms with E-state index in [9.17, 15) is 9.59 Å². The van der Waals surface area contributed by atoms with E-state index in [1.54, 1.807) is 0 Å². The molecule has 1 aliphatic carbocycles. The zero-order valence-electron chi connectivity index (χ0n) is 16.5. The highest BCUT2D eigenvalue weighted by molar-refractivity contribution is 6.02. The van der Waals surface area contributed by atoms with Gasteiger partial charge in [-0.2, -0.15) is 0 Å². The molecule has 1 atom stereocenters. The minimum atomic E-state index is -0.382. The number of amides is 2. The third-order valence-corrected chi connectivity index (χ3v) is 5.78. The lowest BCUT2D eigenvalue weighted by Crippen LogP contribution is -2.63. The summed E-state index contributed by atoms with van der Waals surface area (Å²) in [7, 11) is 0. The van der Waals surface area contributed by atoms with Gasteiger partial charge in [-0.05, 0) is 44.2 Å². The summed E-state index contributed by atoms with van der Waals surface area (Å²) in [6.45, 7) is 8.99. The molecule has 26 heavy (non-hydrogen) atoms. The van der Waals surface area contributed by atoms with Gasteiger partial charge >= 0.3 is 0 Å². The van der Waals surface area contributed by atoms with Crippen molar-refractivity contribution in [2.24, 2.45) is 5.92 Å². The molecular formula is C22H32N2O2. The van der Waals surface area contributed by atoms with Gasteiger partial charge in [0.25, 0.3) is 5.91 Å². The molecule has 142 valence electrons. The number of rotatable bonds is 4. The highest BCUT2D eigenvalue weighted by Gasteiger charge is 2.54. The van der Waals surface area contributed by atoms with E-state index in [1.165, 1.54) is 6.42 Å². The summed E-state index contributed by atoms with van der Waals surface area (Å²) >= 11 is 0.